The van der Waals surface area contributed by atoms with Gasteiger partial charge in [-0.1, -0.05) is 18.2 Å². The number of nitrogens with zero attached hydrogens (tertiary/aromatic N) is 1. The Morgan fingerprint density at radius 1 is 1.10 bits per heavy atom. The van der Waals surface area contributed by atoms with Crippen molar-refractivity contribution in [3.63, 3.8) is 0 Å². The average molecular weight is 275 g/mol. The number of hydrogen-bond acceptors (Lipinski definition) is 3. The van der Waals surface area contributed by atoms with Crippen LogP contribution in [0, 0.1) is 0 Å². The van der Waals surface area contributed by atoms with Crippen LogP contribution in [0.1, 0.15) is 15.9 Å². The van der Waals surface area contributed by atoms with Gasteiger partial charge in [0, 0.05) is 18.0 Å². The molecule has 102 valence electrons. The van der Waals surface area contributed by atoms with E-state index in [1.807, 2.05) is 0 Å². The van der Waals surface area contributed by atoms with Gasteiger partial charge in [-0.15, -0.1) is 0 Å². The highest BCUT2D eigenvalue weighted by Crippen LogP contribution is 2.15. The van der Waals surface area contributed by atoms with Gasteiger partial charge in [-0.05, 0) is 35.9 Å². The summed E-state index contributed by atoms with van der Waals surface area (Å²) in [5.74, 6) is -0.0714. The minimum Gasteiger partial charge on any atom is -0.435 e. The Hall–Kier alpha value is -2.56. The molecule has 0 radical (unpaired) electrons. The lowest BCUT2D eigenvalue weighted by Gasteiger charge is -2.03. The monoisotopic (exact) mass is 275 g/mol. The maximum Gasteiger partial charge on any atom is 0.387 e. The van der Waals surface area contributed by atoms with E-state index in [4.69, 9.17) is 0 Å². The summed E-state index contributed by atoms with van der Waals surface area (Å²) in [6, 6.07) is 9.26. The quantitative estimate of drug-likeness (QED) is 0.618. The molecule has 0 aliphatic carbocycles. The fourth-order valence-electron chi connectivity index (χ4n) is 1.54. The topological polar surface area (TPSA) is 39.2 Å². The van der Waals surface area contributed by atoms with Gasteiger partial charge in [-0.3, -0.25) is 9.78 Å². The lowest BCUT2D eigenvalue weighted by atomic mass is 10.1. The molecule has 3 nitrogen and oxygen atoms in total. The summed E-state index contributed by atoms with van der Waals surface area (Å²) in [4.78, 5) is 15.6. The molecule has 0 N–H and O–H groups in total. The van der Waals surface area contributed by atoms with Crippen LogP contribution < -0.4 is 4.74 Å². The van der Waals surface area contributed by atoms with Crippen LogP contribution in [-0.4, -0.2) is 17.4 Å². The van der Waals surface area contributed by atoms with E-state index in [1.165, 1.54) is 30.6 Å². The van der Waals surface area contributed by atoms with Crippen LogP contribution in [0.25, 0.3) is 6.08 Å². The zero-order valence-electron chi connectivity index (χ0n) is 10.4. The summed E-state index contributed by atoms with van der Waals surface area (Å²) in [6.07, 6.45) is 6.10. The molecule has 0 unspecified atom stereocenters. The second-order valence-corrected chi connectivity index (χ2v) is 3.88. The van der Waals surface area contributed by atoms with Crippen LogP contribution in [0.4, 0.5) is 8.78 Å². The molecule has 0 aliphatic heterocycles. The molecule has 0 aliphatic rings. The Balaban J connectivity index is 2.03. The minimum absolute atomic E-state index is 0.0811. The van der Waals surface area contributed by atoms with E-state index < -0.39 is 6.61 Å². The van der Waals surface area contributed by atoms with E-state index in [-0.39, 0.29) is 11.5 Å². The molecular formula is C15H11F2NO2. The highest BCUT2D eigenvalue weighted by Gasteiger charge is 2.03. The van der Waals surface area contributed by atoms with Crippen LogP contribution in [-0.2, 0) is 0 Å². The first-order valence-electron chi connectivity index (χ1n) is 5.82. The fraction of sp³-hybridized carbons (Fsp3) is 0.0667. The second-order valence-electron chi connectivity index (χ2n) is 3.88. The van der Waals surface area contributed by atoms with Crippen molar-refractivity contribution in [3.05, 3.63) is 66.0 Å². The number of hydrogen-bond donors (Lipinski definition) is 0. The molecule has 0 fully saturated rings. The summed E-state index contributed by atoms with van der Waals surface area (Å²) in [7, 11) is 0. The molecular weight excluding hydrogens is 264 g/mol. The molecule has 0 atom stereocenters. The van der Waals surface area contributed by atoms with Crippen molar-refractivity contribution in [2.75, 3.05) is 0 Å². The number of alkyl halides is 2. The SMILES string of the molecule is O=C(/C=C/c1ccc(OC(F)F)cc1)c1ccncc1. The van der Waals surface area contributed by atoms with Crippen molar-refractivity contribution < 1.29 is 18.3 Å². The number of ketones is 1. The van der Waals surface area contributed by atoms with Crippen molar-refractivity contribution >= 4 is 11.9 Å². The molecule has 2 aromatic rings. The summed E-state index contributed by atoms with van der Waals surface area (Å²) in [6.45, 7) is -2.84. The number of pyridine rings is 1. The first-order valence-corrected chi connectivity index (χ1v) is 5.82. The van der Waals surface area contributed by atoms with Gasteiger partial charge >= 0.3 is 6.61 Å². The van der Waals surface area contributed by atoms with E-state index in [1.54, 1.807) is 30.3 Å². The van der Waals surface area contributed by atoms with Crippen LogP contribution in [0.5, 0.6) is 5.75 Å². The zero-order chi connectivity index (χ0) is 14.4. The lowest BCUT2D eigenvalue weighted by Crippen LogP contribution is -2.01. The van der Waals surface area contributed by atoms with Gasteiger partial charge in [0.25, 0.3) is 0 Å². The number of carbonyl (C=O) groups is 1. The average Bonchev–Trinajstić information content (AvgIpc) is 2.46. The molecule has 0 bridgehead atoms. The van der Waals surface area contributed by atoms with Crippen molar-refractivity contribution in [1.29, 1.82) is 0 Å². The lowest BCUT2D eigenvalue weighted by molar-refractivity contribution is -0.0498. The highest BCUT2D eigenvalue weighted by molar-refractivity contribution is 6.06. The third kappa shape index (κ3) is 3.98. The van der Waals surface area contributed by atoms with E-state index >= 15 is 0 Å². The molecule has 5 heteroatoms. The molecule has 2 rings (SSSR count). The summed E-state index contributed by atoms with van der Waals surface area (Å²) >= 11 is 0. The predicted molar refractivity (Wildman–Crippen MR) is 70.7 cm³/mol. The second kappa shape index (κ2) is 6.56. The number of rotatable bonds is 5. The number of benzene rings is 1. The molecule has 1 aromatic heterocycles. The normalized spacial score (nSPS) is 10.9. The van der Waals surface area contributed by atoms with E-state index in [9.17, 15) is 13.6 Å². The van der Waals surface area contributed by atoms with Crippen molar-refractivity contribution in [1.82, 2.24) is 4.98 Å². The zero-order valence-corrected chi connectivity index (χ0v) is 10.4. The molecule has 0 saturated heterocycles. The first kappa shape index (κ1) is 13.9. The van der Waals surface area contributed by atoms with Gasteiger partial charge in [-0.25, -0.2) is 0 Å². The van der Waals surface area contributed by atoms with Crippen LogP contribution in [0.2, 0.25) is 0 Å². The highest BCUT2D eigenvalue weighted by atomic mass is 19.3. The summed E-state index contributed by atoms with van der Waals surface area (Å²) in [5, 5.41) is 0. The minimum atomic E-state index is -2.84. The molecule has 0 amide bonds. The summed E-state index contributed by atoms with van der Waals surface area (Å²) < 4.78 is 28.2. The fourth-order valence-corrected chi connectivity index (χ4v) is 1.54. The van der Waals surface area contributed by atoms with Crippen LogP contribution in [0.15, 0.2) is 54.9 Å². The van der Waals surface area contributed by atoms with E-state index in [2.05, 4.69) is 9.72 Å². The summed E-state index contributed by atoms with van der Waals surface area (Å²) in [5.41, 5.74) is 1.25. The van der Waals surface area contributed by atoms with E-state index in [0.29, 0.717) is 11.1 Å². The molecule has 20 heavy (non-hydrogen) atoms. The Bertz CT molecular complexity index is 595. The third-order valence-electron chi connectivity index (χ3n) is 2.50. The smallest absolute Gasteiger partial charge is 0.387 e. The Morgan fingerprint density at radius 2 is 1.75 bits per heavy atom. The number of allylic oxidation sites excluding steroid dienone is 1. The van der Waals surface area contributed by atoms with Gasteiger partial charge in [-0.2, -0.15) is 8.78 Å². The standard InChI is InChI=1S/C15H11F2NO2/c16-15(17)20-13-4-1-11(2-5-13)3-6-14(19)12-7-9-18-10-8-12/h1-10,15H/b6-3+. The Morgan fingerprint density at radius 3 is 2.35 bits per heavy atom. The largest absolute Gasteiger partial charge is 0.435 e. The molecule has 1 heterocycles. The Kier molecular flexibility index (Phi) is 4.55. The molecule has 0 spiro atoms. The van der Waals surface area contributed by atoms with Crippen molar-refractivity contribution in [3.8, 4) is 5.75 Å². The maximum absolute atomic E-state index is 12.0. The van der Waals surface area contributed by atoms with Crippen molar-refractivity contribution in [2.45, 2.75) is 6.61 Å². The molecule has 0 saturated carbocycles. The first-order chi connectivity index (χ1) is 9.65. The molecule has 1 aromatic carbocycles. The number of carbonyl (C=O) groups excluding carboxylic acids is 1. The van der Waals surface area contributed by atoms with Gasteiger partial charge in [0.1, 0.15) is 5.75 Å². The number of halogens is 2. The maximum atomic E-state index is 12.0. The number of ether oxygens (including phenoxy) is 1. The Labute approximate surface area is 114 Å². The van der Waals surface area contributed by atoms with E-state index in [0.717, 1.165) is 0 Å². The van der Waals surface area contributed by atoms with Gasteiger partial charge in [0.05, 0.1) is 0 Å². The third-order valence-corrected chi connectivity index (χ3v) is 2.50. The van der Waals surface area contributed by atoms with Crippen LogP contribution >= 0.6 is 0 Å². The van der Waals surface area contributed by atoms with Gasteiger partial charge in [0.15, 0.2) is 5.78 Å². The van der Waals surface area contributed by atoms with Crippen LogP contribution in [0.3, 0.4) is 0 Å². The number of aromatic nitrogens is 1. The van der Waals surface area contributed by atoms with Gasteiger partial charge in [0.2, 0.25) is 0 Å². The predicted octanol–water partition coefficient (Wildman–Crippen LogP) is 3.58. The van der Waals surface area contributed by atoms with Crippen molar-refractivity contribution in [2.24, 2.45) is 0 Å². The van der Waals surface area contributed by atoms with Gasteiger partial charge < -0.3 is 4.74 Å².